The molecular weight excluding hydrogens is 224 g/mol. The normalized spacial score (nSPS) is 12.9. The standard InChI is InChI=1S/C16H24O2/c1-13-9-10-16(18-4)15(11-13)8-6-5-7-14(2)12-17-3/h6,8-11,14H,5,7,12H2,1-4H3/b8-6+/t14-/m0/s1. The van der Waals surface area contributed by atoms with Crippen molar-refractivity contribution < 1.29 is 9.47 Å². The zero-order valence-corrected chi connectivity index (χ0v) is 11.9. The van der Waals surface area contributed by atoms with Crippen LogP contribution in [0.5, 0.6) is 5.75 Å². The largest absolute Gasteiger partial charge is 0.496 e. The predicted octanol–water partition coefficient (Wildman–Crippen LogP) is 4.08. The van der Waals surface area contributed by atoms with Gasteiger partial charge in [0.1, 0.15) is 5.75 Å². The molecule has 1 rings (SSSR count). The van der Waals surface area contributed by atoms with Crippen LogP contribution in [0.15, 0.2) is 24.3 Å². The summed E-state index contributed by atoms with van der Waals surface area (Å²) >= 11 is 0. The molecule has 0 radical (unpaired) electrons. The van der Waals surface area contributed by atoms with Crippen LogP contribution in [0.3, 0.4) is 0 Å². The Morgan fingerprint density at radius 1 is 1.28 bits per heavy atom. The second kappa shape index (κ2) is 7.93. The van der Waals surface area contributed by atoms with Crippen molar-refractivity contribution in [3.63, 3.8) is 0 Å². The van der Waals surface area contributed by atoms with Crippen LogP contribution in [0.4, 0.5) is 0 Å². The molecule has 18 heavy (non-hydrogen) atoms. The van der Waals surface area contributed by atoms with Gasteiger partial charge in [0, 0.05) is 19.3 Å². The van der Waals surface area contributed by atoms with Crippen molar-refractivity contribution in [2.24, 2.45) is 5.92 Å². The minimum absolute atomic E-state index is 0.610. The number of benzene rings is 1. The maximum atomic E-state index is 5.35. The molecule has 0 heterocycles. The van der Waals surface area contributed by atoms with E-state index in [2.05, 4.69) is 38.1 Å². The number of ether oxygens (including phenoxy) is 2. The highest BCUT2D eigenvalue weighted by molar-refractivity contribution is 5.58. The summed E-state index contributed by atoms with van der Waals surface area (Å²) < 4.78 is 10.5. The smallest absolute Gasteiger partial charge is 0.126 e. The first-order chi connectivity index (χ1) is 8.67. The van der Waals surface area contributed by atoms with E-state index < -0.39 is 0 Å². The van der Waals surface area contributed by atoms with Crippen LogP contribution >= 0.6 is 0 Å². The lowest BCUT2D eigenvalue weighted by Gasteiger charge is -2.08. The minimum atomic E-state index is 0.610. The molecule has 0 spiro atoms. The number of rotatable bonds is 7. The molecule has 2 heteroatoms. The Morgan fingerprint density at radius 2 is 2.06 bits per heavy atom. The molecule has 0 aromatic heterocycles. The van der Waals surface area contributed by atoms with E-state index in [1.54, 1.807) is 14.2 Å². The SMILES string of the molecule is COC[C@@H](C)CC/C=C/c1cc(C)ccc1OC. The molecule has 0 aliphatic rings. The molecule has 0 unspecified atom stereocenters. The summed E-state index contributed by atoms with van der Waals surface area (Å²) in [6.07, 6.45) is 6.58. The van der Waals surface area contributed by atoms with Gasteiger partial charge in [0.25, 0.3) is 0 Å². The van der Waals surface area contributed by atoms with Crippen LogP contribution in [0.25, 0.3) is 6.08 Å². The summed E-state index contributed by atoms with van der Waals surface area (Å²) in [4.78, 5) is 0. The van der Waals surface area contributed by atoms with E-state index in [1.807, 2.05) is 6.07 Å². The lowest BCUT2D eigenvalue weighted by atomic mass is 10.1. The molecule has 1 aromatic carbocycles. The monoisotopic (exact) mass is 248 g/mol. The summed E-state index contributed by atoms with van der Waals surface area (Å²) in [5.41, 5.74) is 2.40. The van der Waals surface area contributed by atoms with E-state index in [-0.39, 0.29) is 0 Å². The van der Waals surface area contributed by atoms with Crippen LogP contribution < -0.4 is 4.74 Å². The van der Waals surface area contributed by atoms with Crippen LogP contribution in [0.1, 0.15) is 30.9 Å². The average molecular weight is 248 g/mol. The Labute approximate surface area is 111 Å². The number of allylic oxidation sites excluding steroid dienone is 1. The van der Waals surface area contributed by atoms with Gasteiger partial charge in [-0.25, -0.2) is 0 Å². The number of hydrogen-bond donors (Lipinski definition) is 0. The van der Waals surface area contributed by atoms with Gasteiger partial charge in [0.2, 0.25) is 0 Å². The van der Waals surface area contributed by atoms with Crippen molar-refractivity contribution in [2.75, 3.05) is 20.8 Å². The first-order valence-electron chi connectivity index (χ1n) is 6.47. The molecule has 100 valence electrons. The van der Waals surface area contributed by atoms with Crippen molar-refractivity contribution in [1.82, 2.24) is 0 Å². The van der Waals surface area contributed by atoms with Gasteiger partial charge in [-0.05, 0) is 37.8 Å². The molecule has 1 atom stereocenters. The third kappa shape index (κ3) is 4.92. The fourth-order valence-electron chi connectivity index (χ4n) is 1.94. The summed E-state index contributed by atoms with van der Waals surface area (Å²) in [7, 11) is 3.46. The first-order valence-corrected chi connectivity index (χ1v) is 6.47. The van der Waals surface area contributed by atoms with Crippen molar-refractivity contribution in [3.8, 4) is 5.75 Å². The van der Waals surface area contributed by atoms with Crippen molar-refractivity contribution >= 4 is 6.08 Å². The Hall–Kier alpha value is -1.28. The van der Waals surface area contributed by atoms with Crippen LogP contribution in [0, 0.1) is 12.8 Å². The van der Waals surface area contributed by atoms with Gasteiger partial charge in [0.15, 0.2) is 0 Å². The molecule has 0 saturated carbocycles. The third-order valence-electron chi connectivity index (χ3n) is 2.96. The maximum Gasteiger partial charge on any atom is 0.126 e. The Kier molecular flexibility index (Phi) is 6.51. The zero-order valence-electron chi connectivity index (χ0n) is 11.9. The summed E-state index contributed by atoms with van der Waals surface area (Å²) in [5.74, 6) is 1.54. The maximum absolute atomic E-state index is 5.35. The third-order valence-corrected chi connectivity index (χ3v) is 2.96. The number of methoxy groups -OCH3 is 2. The van der Waals surface area contributed by atoms with Crippen molar-refractivity contribution in [2.45, 2.75) is 26.7 Å². The quantitative estimate of drug-likeness (QED) is 0.724. The van der Waals surface area contributed by atoms with E-state index in [0.717, 1.165) is 30.8 Å². The Morgan fingerprint density at radius 3 is 2.72 bits per heavy atom. The molecule has 0 bridgehead atoms. The highest BCUT2D eigenvalue weighted by Gasteiger charge is 2.00. The van der Waals surface area contributed by atoms with E-state index in [9.17, 15) is 0 Å². The van der Waals surface area contributed by atoms with Gasteiger partial charge in [-0.1, -0.05) is 30.7 Å². The van der Waals surface area contributed by atoms with Crippen molar-refractivity contribution in [3.05, 3.63) is 35.4 Å². The Bertz CT molecular complexity index is 383. The molecule has 2 nitrogen and oxygen atoms in total. The number of aryl methyl sites for hydroxylation is 1. The molecule has 0 N–H and O–H groups in total. The lowest BCUT2D eigenvalue weighted by Crippen LogP contribution is -2.02. The van der Waals surface area contributed by atoms with Crippen LogP contribution in [-0.4, -0.2) is 20.8 Å². The Balaban J connectivity index is 2.53. The molecule has 1 aromatic rings. The molecule has 0 aliphatic carbocycles. The highest BCUT2D eigenvalue weighted by atomic mass is 16.5. The van der Waals surface area contributed by atoms with Gasteiger partial charge in [-0.2, -0.15) is 0 Å². The summed E-state index contributed by atoms with van der Waals surface area (Å²) in [6, 6.07) is 6.23. The van der Waals surface area contributed by atoms with E-state index in [1.165, 1.54) is 5.56 Å². The average Bonchev–Trinajstić information content (AvgIpc) is 2.35. The minimum Gasteiger partial charge on any atom is -0.496 e. The van der Waals surface area contributed by atoms with E-state index in [4.69, 9.17) is 9.47 Å². The van der Waals surface area contributed by atoms with E-state index >= 15 is 0 Å². The number of hydrogen-bond acceptors (Lipinski definition) is 2. The summed E-state index contributed by atoms with van der Waals surface area (Å²) in [6.45, 7) is 5.14. The van der Waals surface area contributed by atoms with Gasteiger partial charge in [-0.3, -0.25) is 0 Å². The fraction of sp³-hybridized carbons (Fsp3) is 0.500. The summed E-state index contributed by atoms with van der Waals surface area (Å²) in [5, 5.41) is 0. The van der Waals surface area contributed by atoms with Gasteiger partial charge >= 0.3 is 0 Å². The molecule has 0 aliphatic heterocycles. The van der Waals surface area contributed by atoms with Gasteiger partial charge in [0.05, 0.1) is 7.11 Å². The molecular formula is C16H24O2. The molecule has 0 saturated heterocycles. The predicted molar refractivity (Wildman–Crippen MR) is 77.0 cm³/mol. The van der Waals surface area contributed by atoms with E-state index in [0.29, 0.717) is 5.92 Å². The lowest BCUT2D eigenvalue weighted by molar-refractivity contribution is 0.156. The van der Waals surface area contributed by atoms with Crippen molar-refractivity contribution in [1.29, 1.82) is 0 Å². The topological polar surface area (TPSA) is 18.5 Å². The molecule has 0 fully saturated rings. The second-order valence-corrected chi connectivity index (χ2v) is 4.79. The highest BCUT2D eigenvalue weighted by Crippen LogP contribution is 2.21. The fourth-order valence-corrected chi connectivity index (χ4v) is 1.94. The first kappa shape index (κ1) is 14.8. The van der Waals surface area contributed by atoms with Gasteiger partial charge < -0.3 is 9.47 Å². The van der Waals surface area contributed by atoms with Crippen LogP contribution in [0.2, 0.25) is 0 Å². The van der Waals surface area contributed by atoms with Gasteiger partial charge in [-0.15, -0.1) is 0 Å². The molecule has 0 amide bonds. The zero-order chi connectivity index (χ0) is 13.4. The van der Waals surface area contributed by atoms with Crippen LogP contribution in [-0.2, 0) is 4.74 Å². The second-order valence-electron chi connectivity index (χ2n) is 4.79.